The molecule has 75 heavy (non-hydrogen) atoms. The molecule has 9 heterocycles. The summed E-state index contributed by atoms with van der Waals surface area (Å²) in [7, 11) is 6.64. The summed E-state index contributed by atoms with van der Waals surface area (Å²) in [6, 6.07) is 37.9. The van der Waals surface area contributed by atoms with E-state index in [4.69, 9.17) is 30.5 Å². The topological polar surface area (TPSA) is 179 Å². The molecule has 12 rings (SSSR count). The number of rotatable bonds is 9. The number of aromatic nitrogens is 3. The smallest absolute Gasteiger partial charge is 0.168 e. The highest BCUT2D eigenvalue weighted by molar-refractivity contribution is 5.99. The molecule has 3 fully saturated rings. The van der Waals surface area contributed by atoms with Gasteiger partial charge in [-0.25, -0.2) is 15.0 Å². The van der Waals surface area contributed by atoms with Crippen LogP contribution in [0.15, 0.2) is 175 Å². The van der Waals surface area contributed by atoms with Crippen LogP contribution >= 0.6 is 0 Å². The average Bonchev–Trinajstić information content (AvgIpc) is 4.30. The van der Waals surface area contributed by atoms with Crippen LogP contribution < -0.4 is 17.2 Å². The van der Waals surface area contributed by atoms with Crippen LogP contribution in [0.1, 0.15) is 93.2 Å². The van der Waals surface area contributed by atoms with Gasteiger partial charge in [0.1, 0.15) is 0 Å². The van der Waals surface area contributed by atoms with E-state index in [0.29, 0.717) is 52.9 Å². The number of benzene rings is 3. The van der Waals surface area contributed by atoms with Gasteiger partial charge < -0.3 is 58.9 Å². The number of fused-ring (bicyclic) bond motifs is 3. The molecule has 0 radical (unpaired) electrons. The van der Waals surface area contributed by atoms with Gasteiger partial charge in [0.2, 0.25) is 0 Å². The van der Waals surface area contributed by atoms with Gasteiger partial charge in [0, 0.05) is 69.4 Å². The number of amidine groups is 3. The first-order chi connectivity index (χ1) is 36.6. The summed E-state index contributed by atoms with van der Waals surface area (Å²) in [6.07, 6.45) is 22.5. The van der Waals surface area contributed by atoms with Crippen LogP contribution in [0.3, 0.4) is 0 Å². The van der Waals surface area contributed by atoms with Gasteiger partial charge in [-0.15, -0.1) is 0 Å². The van der Waals surface area contributed by atoms with Crippen molar-refractivity contribution in [2.45, 2.75) is 75.9 Å². The van der Waals surface area contributed by atoms with Crippen molar-refractivity contribution in [1.29, 1.82) is 0 Å². The minimum atomic E-state index is 0.399. The maximum Gasteiger partial charge on any atom is 0.168 e. The van der Waals surface area contributed by atoms with Crippen LogP contribution in [0.25, 0.3) is 32.7 Å². The Morgan fingerprint density at radius 1 is 0.400 bits per heavy atom. The maximum atomic E-state index is 6.01. The lowest BCUT2D eigenvalue weighted by molar-refractivity contribution is 0.342. The third kappa shape index (κ3) is 12.5. The molecule has 3 aliphatic rings. The van der Waals surface area contributed by atoms with Crippen LogP contribution in [0, 0.1) is 0 Å². The zero-order chi connectivity index (χ0) is 51.7. The Labute approximate surface area is 439 Å². The summed E-state index contributed by atoms with van der Waals surface area (Å²) in [5.74, 6) is 2.99. The van der Waals surface area contributed by atoms with Gasteiger partial charge in [-0.05, 0) is 227 Å². The number of hydrogen-bond donors (Lipinski definition) is 3. The number of hydrogen-bond acceptors (Lipinski definition) is 9. The summed E-state index contributed by atoms with van der Waals surface area (Å²) in [4.78, 5) is 20.7. The van der Waals surface area contributed by atoms with Crippen LogP contribution in [0.2, 0.25) is 0 Å². The van der Waals surface area contributed by atoms with E-state index in [9.17, 15) is 0 Å². The fraction of sp³-hybridized carbons (Fsp3) is 0.350. The number of likely N-dealkylation sites (tertiary alicyclic amines) is 3. The molecule has 9 aromatic rings. The van der Waals surface area contributed by atoms with Crippen LogP contribution in [-0.4, -0.2) is 106 Å². The van der Waals surface area contributed by atoms with Crippen molar-refractivity contribution in [3.05, 3.63) is 164 Å². The van der Waals surface area contributed by atoms with Gasteiger partial charge in [-0.2, -0.15) is 0 Å². The lowest BCUT2D eigenvalue weighted by Gasteiger charge is -2.18. The summed E-state index contributed by atoms with van der Waals surface area (Å²) >= 11 is 0. The standard InChI is InChI=1S/3C20H24N4O/c3*1-23-10-2-4-17(9-11-23)24-12-8-15-14-16(6-7-18(15)24)22-20(21)19-5-3-13-25-19/h3*3,5-8,12-14,17H,2,4,9-11H2,1H3,(H2,21,22). The molecule has 0 bridgehead atoms. The molecule has 3 atom stereocenters. The minimum Gasteiger partial charge on any atom is -0.461 e. The highest BCUT2D eigenvalue weighted by atomic mass is 16.3. The van der Waals surface area contributed by atoms with Gasteiger partial charge in [-0.1, -0.05) is 0 Å². The molecule has 390 valence electrons. The van der Waals surface area contributed by atoms with Crippen molar-refractivity contribution in [2.24, 2.45) is 32.2 Å². The van der Waals surface area contributed by atoms with E-state index in [0.717, 1.165) is 36.7 Å². The summed E-state index contributed by atoms with van der Waals surface area (Å²) < 4.78 is 23.2. The molecule has 3 aromatic carbocycles. The number of aliphatic imine (C=N–C) groups is 3. The van der Waals surface area contributed by atoms with Crippen LogP contribution in [0.5, 0.6) is 0 Å². The molecule has 3 saturated heterocycles. The maximum absolute atomic E-state index is 6.01. The van der Waals surface area contributed by atoms with Crippen molar-refractivity contribution < 1.29 is 13.3 Å². The molecule has 0 saturated carbocycles. The van der Waals surface area contributed by atoms with E-state index in [1.165, 1.54) is 110 Å². The van der Waals surface area contributed by atoms with Crippen molar-refractivity contribution in [1.82, 2.24) is 28.4 Å². The van der Waals surface area contributed by atoms with Crippen molar-refractivity contribution in [2.75, 3.05) is 60.4 Å². The molecule has 6 N–H and O–H groups in total. The van der Waals surface area contributed by atoms with Gasteiger partial charge >= 0.3 is 0 Å². The van der Waals surface area contributed by atoms with Gasteiger partial charge in [0.15, 0.2) is 34.8 Å². The van der Waals surface area contributed by atoms with Gasteiger partial charge in [-0.3, -0.25) is 0 Å². The molecule has 15 heteroatoms. The fourth-order valence-electron chi connectivity index (χ4n) is 11.0. The quantitative estimate of drug-likeness (QED) is 0.0937. The highest BCUT2D eigenvalue weighted by Gasteiger charge is 2.21. The Bertz CT molecular complexity index is 2990. The first-order valence-electron chi connectivity index (χ1n) is 26.6. The molecular formula is C60H72N12O3. The number of furan rings is 3. The molecule has 3 unspecified atom stereocenters. The third-order valence-electron chi connectivity index (χ3n) is 15.1. The first-order valence-corrected chi connectivity index (χ1v) is 26.6. The number of nitrogens with two attached hydrogens (primary N) is 3. The fourth-order valence-corrected chi connectivity index (χ4v) is 11.0. The van der Waals surface area contributed by atoms with Crippen molar-refractivity contribution in [3.63, 3.8) is 0 Å². The molecule has 6 aromatic heterocycles. The lowest BCUT2D eigenvalue weighted by Crippen LogP contribution is -2.19. The lowest BCUT2D eigenvalue weighted by atomic mass is 10.1. The second-order valence-electron chi connectivity index (χ2n) is 20.5. The first kappa shape index (κ1) is 50.9. The Morgan fingerprint density at radius 2 is 0.707 bits per heavy atom. The Hall–Kier alpha value is -7.59. The van der Waals surface area contributed by atoms with Gasteiger partial charge in [0.25, 0.3) is 0 Å². The Balaban J connectivity index is 0.000000128. The van der Waals surface area contributed by atoms with E-state index < -0.39 is 0 Å². The highest BCUT2D eigenvalue weighted by Crippen LogP contribution is 2.33. The molecular weight excluding hydrogens is 937 g/mol. The van der Waals surface area contributed by atoms with Crippen LogP contribution in [0.4, 0.5) is 17.1 Å². The van der Waals surface area contributed by atoms with Crippen LogP contribution in [-0.2, 0) is 0 Å². The zero-order valence-corrected chi connectivity index (χ0v) is 43.7. The monoisotopic (exact) mass is 1010 g/mol. The molecule has 0 spiro atoms. The second kappa shape index (κ2) is 23.7. The largest absolute Gasteiger partial charge is 0.461 e. The van der Waals surface area contributed by atoms with Gasteiger partial charge in [0.05, 0.1) is 35.9 Å². The Morgan fingerprint density at radius 3 is 0.987 bits per heavy atom. The van der Waals surface area contributed by atoms with Crippen molar-refractivity contribution >= 4 is 67.3 Å². The SMILES string of the molecule is CN1CCCC(n2ccc3cc(N=C(N)c4ccco4)ccc32)CC1.CN1CCCC(n2ccc3cc(N=C(N)c4ccco4)ccc32)CC1.CN1CCCC(n2ccc3cc(N=C(N)c4ccco4)ccc32)CC1. The summed E-state index contributed by atoms with van der Waals surface area (Å²) in [5, 5.41) is 3.60. The predicted molar refractivity (Wildman–Crippen MR) is 304 cm³/mol. The summed E-state index contributed by atoms with van der Waals surface area (Å²) in [6.45, 7) is 7.06. The second-order valence-corrected chi connectivity index (χ2v) is 20.5. The van der Waals surface area contributed by atoms with E-state index >= 15 is 0 Å². The number of nitrogens with zero attached hydrogens (tertiary/aromatic N) is 9. The molecule has 15 nitrogen and oxygen atoms in total. The van der Waals surface area contributed by atoms with E-state index in [1.54, 1.807) is 18.8 Å². The van der Waals surface area contributed by atoms with E-state index in [2.05, 4.69) is 138 Å². The molecule has 0 aliphatic carbocycles. The average molecular weight is 1010 g/mol. The molecule has 0 amide bonds. The normalized spacial score (nSPS) is 20.0. The van der Waals surface area contributed by atoms with E-state index in [-0.39, 0.29) is 0 Å². The third-order valence-corrected chi connectivity index (χ3v) is 15.1. The summed E-state index contributed by atoms with van der Waals surface area (Å²) in [5.41, 5.74) is 24.4. The van der Waals surface area contributed by atoms with Crippen molar-refractivity contribution in [3.8, 4) is 0 Å². The predicted octanol–water partition coefficient (Wildman–Crippen LogP) is 11.8. The van der Waals surface area contributed by atoms with E-state index in [1.807, 2.05) is 54.6 Å². The zero-order valence-electron chi connectivity index (χ0n) is 43.7. The molecule has 3 aliphatic heterocycles. The Kier molecular flexibility index (Phi) is 16.1. The minimum absolute atomic E-state index is 0.399.